The van der Waals surface area contributed by atoms with Gasteiger partial charge in [0.25, 0.3) is 5.91 Å². The Balaban J connectivity index is 0.00000225. The summed E-state index contributed by atoms with van der Waals surface area (Å²) >= 11 is 4.75. The largest absolute Gasteiger partial charge is 0.379 e. The maximum Gasteiger partial charge on any atom is 0.270 e. The number of rotatable bonds is 6. The number of hydrogen-bond donors (Lipinski definition) is 0. The number of fused-ring (bicyclic) bond motifs is 1. The first-order valence-electron chi connectivity index (χ1n) is 8.85. The molecular weight excluding hydrogens is 434 g/mol. The van der Waals surface area contributed by atoms with Gasteiger partial charge in [-0.3, -0.25) is 14.6 Å². The van der Waals surface area contributed by atoms with Crippen molar-refractivity contribution in [1.82, 2.24) is 9.88 Å². The van der Waals surface area contributed by atoms with Gasteiger partial charge >= 0.3 is 0 Å². The van der Waals surface area contributed by atoms with E-state index in [1.165, 1.54) is 11.3 Å². The molecule has 0 aliphatic carbocycles. The lowest BCUT2D eigenvalue weighted by atomic mass is 10.3. The number of thioether (sulfide) groups is 1. The van der Waals surface area contributed by atoms with E-state index in [-0.39, 0.29) is 18.3 Å². The molecule has 1 aromatic carbocycles. The molecule has 3 heterocycles. The first-order valence-corrected chi connectivity index (χ1v) is 11.8. The van der Waals surface area contributed by atoms with Crippen LogP contribution in [0.15, 0.2) is 40.6 Å². The predicted octanol–water partition coefficient (Wildman–Crippen LogP) is 4.48. The number of thiazole rings is 1. The van der Waals surface area contributed by atoms with Crippen LogP contribution in [0.4, 0.5) is 5.13 Å². The highest BCUT2D eigenvalue weighted by Crippen LogP contribution is 2.34. The number of anilines is 1. The second-order valence-corrected chi connectivity index (χ2v) is 9.00. The summed E-state index contributed by atoms with van der Waals surface area (Å²) in [4.78, 5) is 24.1. The van der Waals surface area contributed by atoms with Crippen molar-refractivity contribution in [1.29, 1.82) is 0 Å². The molecule has 28 heavy (non-hydrogen) atoms. The zero-order valence-electron chi connectivity index (χ0n) is 15.5. The van der Waals surface area contributed by atoms with Crippen LogP contribution in [-0.2, 0) is 4.74 Å². The highest BCUT2D eigenvalue weighted by atomic mass is 35.5. The van der Waals surface area contributed by atoms with Crippen molar-refractivity contribution < 1.29 is 9.53 Å². The molecule has 0 N–H and O–H groups in total. The summed E-state index contributed by atoms with van der Waals surface area (Å²) in [7, 11) is 0. The van der Waals surface area contributed by atoms with Crippen molar-refractivity contribution in [2.75, 3.05) is 50.5 Å². The van der Waals surface area contributed by atoms with Gasteiger partial charge in [0.1, 0.15) is 0 Å². The van der Waals surface area contributed by atoms with E-state index in [9.17, 15) is 4.79 Å². The minimum atomic E-state index is 0. The van der Waals surface area contributed by atoms with Crippen LogP contribution >= 0.6 is 46.8 Å². The number of nitrogens with zero attached hydrogens (tertiary/aromatic N) is 3. The Bertz CT molecular complexity index is 910. The summed E-state index contributed by atoms with van der Waals surface area (Å²) in [5.74, 6) is 0.0306. The molecule has 1 aliphatic heterocycles. The Kier molecular flexibility index (Phi) is 7.73. The standard InChI is InChI=1S/C19H21N3O2S3.ClH/c1-25-14-4-2-5-15-17(14)20-19(27-15)22(18(23)16-6-3-13-26-16)8-7-21-9-11-24-12-10-21;/h2-6,13H,7-12H2,1H3;1H. The lowest BCUT2D eigenvalue weighted by Gasteiger charge is -2.29. The molecule has 0 spiro atoms. The summed E-state index contributed by atoms with van der Waals surface area (Å²) in [5, 5.41) is 2.72. The van der Waals surface area contributed by atoms with E-state index in [1.54, 1.807) is 23.1 Å². The van der Waals surface area contributed by atoms with Crippen molar-refractivity contribution >= 4 is 68.1 Å². The molecule has 1 fully saturated rings. The van der Waals surface area contributed by atoms with E-state index in [1.807, 2.05) is 22.4 Å². The van der Waals surface area contributed by atoms with E-state index in [0.29, 0.717) is 6.54 Å². The molecule has 3 aromatic rings. The molecule has 0 unspecified atom stereocenters. The number of hydrogen-bond acceptors (Lipinski definition) is 7. The second-order valence-electron chi connectivity index (χ2n) is 6.19. The third kappa shape index (κ3) is 4.69. The third-order valence-corrected chi connectivity index (χ3v) is 7.21. The highest BCUT2D eigenvalue weighted by molar-refractivity contribution is 7.98. The maximum absolute atomic E-state index is 13.2. The molecular formula is C19H22ClN3O2S3. The normalized spacial score (nSPS) is 14.8. The molecule has 0 radical (unpaired) electrons. The van der Waals surface area contributed by atoms with Crippen molar-refractivity contribution in [2.45, 2.75) is 4.90 Å². The van der Waals surface area contributed by atoms with Gasteiger partial charge in [-0.1, -0.05) is 23.5 Å². The molecule has 1 amide bonds. The van der Waals surface area contributed by atoms with E-state index < -0.39 is 0 Å². The molecule has 4 rings (SSSR count). The van der Waals surface area contributed by atoms with Crippen LogP contribution in [0, 0.1) is 0 Å². The van der Waals surface area contributed by atoms with E-state index in [4.69, 9.17) is 9.72 Å². The first-order chi connectivity index (χ1) is 13.3. The Morgan fingerprint density at radius 2 is 2.11 bits per heavy atom. The van der Waals surface area contributed by atoms with Gasteiger partial charge in [0.05, 0.1) is 28.3 Å². The Morgan fingerprint density at radius 3 is 2.82 bits per heavy atom. The average molecular weight is 456 g/mol. The zero-order valence-corrected chi connectivity index (χ0v) is 18.8. The van der Waals surface area contributed by atoms with Gasteiger partial charge in [-0.15, -0.1) is 35.5 Å². The van der Waals surface area contributed by atoms with Gasteiger partial charge in [-0.05, 0) is 29.8 Å². The van der Waals surface area contributed by atoms with Crippen LogP contribution in [0.1, 0.15) is 9.67 Å². The predicted molar refractivity (Wildman–Crippen MR) is 122 cm³/mol. The number of para-hydroxylation sites is 1. The van der Waals surface area contributed by atoms with E-state index >= 15 is 0 Å². The van der Waals surface area contributed by atoms with Crippen molar-refractivity contribution in [3.05, 3.63) is 40.6 Å². The molecule has 9 heteroatoms. The lowest BCUT2D eigenvalue weighted by molar-refractivity contribution is 0.0391. The number of aromatic nitrogens is 1. The number of thiophene rings is 1. The van der Waals surface area contributed by atoms with Crippen molar-refractivity contribution in [3.8, 4) is 0 Å². The molecule has 0 atom stereocenters. The molecule has 5 nitrogen and oxygen atoms in total. The summed E-state index contributed by atoms with van der Waals surface area (Å²) in [6.07, 6.45) is 2.06. The van der Waals surface area contributed by atoms with E-state index in [2.05, 4.69) is 29.4 Å². The van der Waals surface area contributed by atoms with Gasteiger partial charge in [0.2, 0.25) is 0 Å². The Hall–Kier alpha value is -1.16. The fourth-order valence-electron chi connectivity index (χ4n) is 3.08. The van der Waals surface area contributed by atoms with Gasteiger partial charge in [0, 0.05) is 31.1 Å². The quantitative estimate of drug-likeness (QED) is 0.513. The van der Waals surface area contributed by atoms with Crippen molar-refractivity contribution in [2.24, 2.45) is 0 Å². The first kappa shape index (κ1) is 21.5. The third-order valence-electron chi connectivity index (χ3n) is 4.54. The number of amides is 1. The van der Waals surface area contributed by atoms with E-state index in [0.717, 1.165) is 58.0 Å². The molecule has 2 aromatic heterocycles. The SMILES string of the molecule is CSc1cccc2sc(N(CCN3CCOCC3)C(=O)c3cccs3)nc12.Cl. The average Bonchev–Trinajstić information content (AvgIpc) is 3.38. The van der Waals surface area contributed by atoms with Gasteiger partial charge in [-0.25, -0.2) is 4.98 Å². The summed E-state index contributed by atoms with van der Waals surface area (Å²) < 4.78 is 6.55. The highest BCUT2D eigenvalue weighted by Gasteiger charge is 2.23. The fourth-order valence-corrected chi connectivity index (χ4v) is 5.39. The summed E-state index contributed by atoms with van der Waals surface area (Å²) in [6, 6.07) is 10.0. The van der Waals surface area contributed by atoms with Crippen LogP contribution in [-0.4, -0.2) is 61.4 Å². The number of halogens is 1. The Morgan fingerprint density at radius 1 is 1.29 bits per heavy atom. The van der Waals surface area contributed by atoms with Crippen molar-refractivity contribution in [3.63, 3.8) is 0 Å². The maximum atomic E-state index is 13.2. The molecule has 1 aliphatic rings. The van der Waals surface area contributed by atoms with Gasteiger partial charge in [-0.2, -0.15) is 0 Å². The lowest BCUT2D eigenvalue weighted by Crippen LogP contribution is -2.43. The topological polar surface area (TPSA) is 45.7 Å². The monoisotopic (exact) mass is 455 g/mol. The number of benzene rings is 1. The Labute approximate surface area is 183 Å². The second kappa shape index (κ2) is 10.0. The van der Waals surface area contributed by atoms with Crippen LogP contribution in [0.5, 0.6) is 0 Å². The van der Waals surface area contributed by atoms with Crippen LogP contribution in [0.25, 0.3) is 10.2 Å². The number of carbonyl (C=O) groups excluding carboxylic acids is 1. The van der Waals surface area contributed by atoms with Crippen LogP contribution in [0.2, 0.25) is 0 Å². The molecule has 0 saturated carbocycles. The van der Waals surface area contributed by atoms with Crippen LogP contribution in [0.3, 0.4) is 0 Å². The molecule has 150 valence electrons. The fraction of sp³-hybridized carbons (Fsp3) is 0.368. The van der Waals surface area contributed by atoms with Crippen LogP contribution < -0.4 is 4.90 Å². The number of morpholine rings is 1. The summed E-state index contributed by atoms with van der Waals surface area (Å²) in [5.41, 5.74) is 0.986. The smallest absolute Gasteiger partial charge is 0.270 e. The minimum Gasteiger partial charge on any atom is -0.379 e. The van der Waals surface area contributed by atoms with Gasteiger partial charge in [0.15, 0.2) is 5.13 Å². The zero-order chi connectivity index (χ0) is 18.6. The summed E-state index contributed by atoms with van der Waals surface area (Å²) in [6.45, 7) is 4.81. The number of carbonyl (C=O) groups is 1. The van der Waals surface area contributed by atoms with Gasteiger partial charge < -0.3 is 4.74 Å². The minimum absolute atomic E-state index is 0. The number of ether oxygens (including phenoxy) is 1. The molecule has 1 saturated heterocycles. The molecule has 0 bridgehead atoms.